The highest BCUT2D eigenvalue weighted by atomic mass is 16.5. The van der Waals surface area contributed by atoms with Gasteiger partial charge in [0.25, 0.3) is 0 Å². The summed E-state index contributed by atoms with van der Waals surface area (Å²) < 4.78 is 11.7. The van der Waals surface area contributed by atoms with Gasteiger partial charge in [-0.25, -0.2) is 0 Å². The van der Waals surface area contributed by atoms with Gasteiger partial charge in [0, 0.05) is 28.4 Å². The molecule has 0 bridgehead atoms. The molecule has 3 nitrogen and oxygen atoms in total. The molecule has 120 valence electrons. The summed E-state index contributed by atoms with van der Waals surface area (Å²) in [6.07, 6.45) is -0.250. The monoisotopic (exact) mass is 317 g/mol. The third-order valence-electron chi connectivity index (χ3n) is 4.32. The van der Waals surface area contributed by atoms with E-state index in [9.17, 15) is 0 Å². The van der Waals surface area contributed by atoms with Crippen LogP contribution in [0.3, 0.4) is 0 Å². The third kappa shape index (κ3) is 2.58. The lowest BCUT2D eigenvalue weighted by Gasteiger charge is -2.20. The number of methoxy groups -OCH3 is 1. The summed E-state index contributed by atoms with van der Waals surface area (Å²) in [7, 11) is 1.67. The molecular weight excluding hydrogens is 298 g/mol. The highest BCUT2D eigenvalue weighted by molar-refractivity contribution is 5.83. The molecule has 3 aromatic carbocycles. The summed E-state index contributed by atoms with van der Waals surface area (Å²) >= 11 is 0. The summed E-state index contributed by atoms with van der Waals surface area (Å²) in [4.78, 5) is 0. The molecule has 1 aliphatic rings. The normalized spacial score (nSPS) is 15.3. The molecule has 0 saturated heterocycles. The third-order valence-corrected chi connectivity index (χ3v) is 4.32. The standard InChI is InChI=1S/C21H19NO2/c1-14-7-9-15(10-8-14)21-22-19-6-4-3-5-17(19)18-12-11-16(23-2)13-20(18)24-21/h3-13,21-22H,1-2H3. The summed E-state index contributed by atoms with van der Waals surface area (Å²) in [5.41, 5.74) is 5.58. The summed E-state index contributed by atoms with van der Waals surface area (Å²) in [5.74, 6) is 1.60. The zero-order valence-electron chi connectivity index (χ0n) is 13.7. The number of ether oxygens (including phenoxy) is 2. The van der Waals surface area contributed by atoms with Crippen molar-refractivity contribution < 1.29 is 9.47 Å². The van der Waals surface area contributed by atoms with E-state index >= 15 is 0 Å². The first-order chi connectivity index (χ1) is 11.7. The van der Waals surface area contributed by atoms with Gasteiger partial charge < -0.3 is 14.8 Å². The number of rotatable bonds is 2. The molecular formula is C21H19NO2. The highest BCUT2D eigenvalue weighted by Crippen LogP contribution is 2.42. The SMILES string of the molecule is COc1ccc2c(c1)OC(c1ccc(C)cc1)Nc1ccccc1-2. The molecule has 0 fully saturated rings. The Labute approximate surface area is 141 Å². The fourth-order valence-corrected chi connectivity index (χ4v) is 2.98. The van der Waals surface area contributed by atoms with Crippen LogP contribution in [0.5, 0.6) is 11.5 Å². The van der Waals surface area contributed by atoms with Crippen LogP contribution < -0.4 is 14.8 Å². The molecule has 1 N–H and O–H groups in total. The number of fused-ring (bicyclic) bond motifs is 3. The number of nitrogens with one attached hydrogen (secondary N) is 1. The molecule has 1 heterocycles. The van der Waals surface area contributed by atoms with Gasteiger partial charge in [0.05, 0.1) is 7.11 Å². The van der Waals surface area contributed by atoms with E-state index in [-0.39, 0.29) is 6.23 Å². The molecule has 0 aromatic heterocycles. The molecule has 1 aliphatic heterocycles. The van der Waals surface area contributed by atoms with Gasteiger partial charge >= 0.3 is 0 Å². The van der Waals surface area contributed by atoms with Crippen LogP contribution in [-0.4, -0.2) is 7.11 Å². The fourth-order valence-electron chi connectivity index (χ4n) is 2.98. The molecule has 3 aromatic rings. The number of hydrogen-bond acceptors (Lipinski definition) is 3. The second-order valence-corrected chi connectivity index (χ2v) is 5.96. The molecule has 0 amide bonds. The van der Waals surface area contributed by atoms with Gasteiger partial charge in [-0.3, -0.25) is 0 Å². The summed E-state index contributed by atoms with van der Waals surface area (Å²) in [6, 6.07) is 22.6. The molecule has 1 atom stereocenters. The van der Waals surface area contributed by atoms with Crippen LogP contribution in [0.15, 0.2) is 66.7 Å². The number of para-hydroxylation sites is 1. The van der Waals surface area contributed by atoms with E-state index in [1.807, 2.05) is 30.3 Å². The average molecular weight is 317 g/mol. The molecule has 3 heteroatoms. The molecule has 4 rings (SSSR count). The lowest BCUT2D eigenvalue weighted by atomic mass is 10.0. The first kappa shape index (κ1) is 14.6. The smallest absolute Gasteiger partial charge is 0.196 e. The van der Waals surface area contributed by atoms with Crippen LogP contribution in [0.1, 0.15) is 17.4 Å². The van der Waals surface area contributed by atoms with Crippen molar-refractivity contribution >= 4 is 5.69 Å². The Balaban J connectivity index is 1.85. The number of aryl methyl sites for hydroxylation is 1. The van der Waals surface area contributed by atoms with Crippen LogP contribution in [0.4, 0.5) is 5.69 Å². The van der Waals surface area contributed by atoms with E-state index in [0.29, 0.717) is 0 Å². The minimum absolute atomic E-state index is 0.250. The van der Waals surface area contributed by atoms with Crippen molar-refractivity contribution in [3.05, 3.63) is 77.9 Å². The highest BCUT2D eigenvalue weighted by Gasteiger charge is 2.23. The maximum Gasteiger partial charge on any atom is 0.196 e. The van der Waals surface area contributed by atoms with Crippen molar-refractivity contribution in [2.24, 2.45) is 0 Å². The van der Waals surface area contributed by atoms with Crippen molar-refractivity contribution in [1.29, 1.82) is 0 Å². The predicted octanol–water partition coefficient (Wildman–Crippen LogP) is 5.17. The maximum atomic E-state index is 6.32. The maximum absolute atomic E-state index is 6.32. The minimum atomic E-state index is -0.250. The van der Waals surface area contributed by atoms with Crippen molar-refractivity contribution in [3.8, 4) is 22.6 Å². The Kier molecular flexibility index (Phi) is 3.62. The minimum Gasteiger partial charge on any atom is -0.497 e. The van der Waals surface area contributed by atoms with E-state index in [4.69, 9.17) is 9.47 Å². The van der Waals surface area contributed by atoms with Gasteiger partial charge in [0.15, 0.2) is 6.23 Å². The van der Waals surface area contributed by atoms with Gasteiger partial charge in [-0.05, 0) is 25.1 Å². The van der Waals surface area contributed by atoms with E-state index in [1.165, 1.54) is 5.56 Å². The Morgan fingerprint density at radius 3 is 2.50 bits per heavy atom. The van der Waals surface area contributed by atoms with Crippen molar-refractivity contribution in [1.82, 2.24) is 0 Å². The molecule has 1 unspecified atom stereocenters. The van der Waals surface area contributed by atoms with Gasteiger partial charge in [-0.15, -0.1) is 0 Å². The predicted molar refractivity (Wildman–Crippen MR) is 96.6 cm³/mol. The van der Waals surface area contributed by atoms with Crippen LogP contribution in [0.25, 0.3) is 11.1 Å². The van der Waals surface area contributed by atoms with Crippen LogP contribution >= 0.6 is 0 Å². The largest absolute Gasteiger partial charge is 0.497 e. The summed E-state index contributed by atoms with van der Waals surface area (Å²) in [5, 5.41) is 3.52. The lowest BCUT2D eigenvalue weighted by Crippen LogP contribution is -2.16. The number of hydrogen-bond donors (Lipinski definition) is 1. The first-order valence-corrected chi connectivity index (χ1v) is 8.02. The van der Waals surface area contributed by atoms with Crippen molar-refractivity contribution in [2.75, 3.05) is 12.4 Å². The van der Waals surface area contributed by atoms with Crippen LogP contribution in [-0.2, 0) is 0 Å². The number of anilines is 1. The Morgan fingerprint density at radius 2 is 1.71 bits per heavy atom. The average Bonchev–Trinajstić information content (AvgIpc) is 2.78. The van der Waals surface area contributed by atoms with E-state index < -0.39 is 0 Å². The molecule has 24 heavy (non-hydrogen) atoms. The van der Waals surface area contributed by atoms with Gasteiger partial charge in [0.2, 0.25) is 0 Å². The Bertz CT molecular complexity index is 871. The number of benzene rings is 3. The lowest BCUT2D eigenvalue weighted by molar-refractivity contribution is 0.237. The molecule has 0 spiro atoms. The quantitative estimate of drug-likeness (QED) is 0.707. The van der Waals surface area contributed by atoms with E-state index in [2.05, 4.69) is 48.6 Å². The zero-order valence-corrected chi connectivity index (χ0v) is 13.7. The Hall–Kier alpha value is -2.94. The van der Waals surface area contributed by atoms with Gasteiger partial charge in [0.1, 0.15) is 11.5 Å². The molecule has 0 radical (unpaired) electrons. The van der Waals surface area contributed by atoms with Gasteiger partial charge in [-0.1, -0.05) is 48.0 Å². The van der Waals surface area contributed by atoms with Crippen LogP contribution in [0, 0.1) is 6.92 Å². The van der Waals surface area contributed by atoms with E-state index in [0.717, 1.165) is 33.9 Å². The topological polar surface area (TPSA) is 30.5 Å². The molecule has 0 aliphatic carbocycles. The van der Waals surface area contributed by atoms with Crippen LogP contribution in [0.2, 0.25) is 0 Å². The first-order valence-electron chi connectivity index (χ1n) is 8.02. The fraction of sp³-hybridized carbons (Fsp3) is 0.143. The van der Waals surface area contributed by atoms with Crippen molar-refractivity contribution in [2.45, 2.75) is 13.2 Å². The molecule has 0 saturated carbocycles. The van der Waals surface area contributed by atoms with Crippen molar-refractivity contribution in [3.63, 3.8) is 0 Å². The second-order valence-electron chi connectivity index (χ2n) is 5.96. The van der Waals surface area contributed by atoms with E-state index in [1.54, 1.807) is 7.11 Å². The summed E-state index contributed by atoms with van der Waals surface area (Å²) in [6.45, 7) is 2.08. The second kappa shape index (κ2) is 5.93. The Morgan fingerprint density at radius 1 is 0.917 bits per heavy atom. The van der Waals surface area contributed by atoms with Gasteiger partial charge in [-0.2, -0.15) is 0 Å². The zero-order chi connectivity index (χ0) is 16.5.